The average Bonchev–Trinajstić information content (AvgIpc) is 2.74. The van der Waals surface area contributed by atoms with Crippen LogP contribution in [0.15, 0.2) is 12.4 Å². The van der Waals surface area contributed by atoms with Crippen molar-refractivity contribution in [3.05, 3.63) is 12.4 Å². The Bertz CT molecular complexity index is 315. The Kier molecular flexibility index (Phi) is 2.21. The normalized spacial score (nSPS) is 25.3. The minimum absolute atomic E-state index is 0.447. The Labute approximate surface area is 88.4 Å². The first-order chi connectivity index (χ1) is 7.39. The van der Waals surface area contributed by atoms with Crippen molar-refractivity contribution in [1.29, 1.82) is 0 Å². The minimum atomic E-state index is -0.447. The molecule has 0 aromatic carbocycles. The number of hydrogen-bond donors (Lipinski definition) is 0. The molecule has 5 heteroatoms. The zero-order valence-corrected chi connectivity index (χ0v) is 8.63. The van der Waals surface area contributed by atoms with Gasteiger partial charge < -0.3 is 9.47 Å². The maximum Gasteiger partial charge on any atom is 0.192 e. The van der Waals surface area contributed by atoms with Crippen molar-refractivity contribution in [1.82, 2.24) is 15.0 Å². The topological polar surface area (TPSA) is 49.2 Å². The van der Waals surface area contributed by atoms with E-state index in [2.05, 4.69) is 10.2 Å². The second-order valence-corrected chi connectivity index (χ2v) is 4.20. The van der Waals surface area contributed by atoms with E-state index in [0.29, 0.717) is 25.7 Å². The second kappa shape index (κ2) is 3.57. The molecule has 1 saturated heterocycles. The van der Waals surface area contributed by atoms with Gasteiger partial charge in [0.2, 0.25) is 0 Å². The first kappa shape index (κ1) is 9.30. The Morgan fingerprint density at radius 3 is 2.40 bits per heavy atom. The zero-order valence-electron chi connectivity index (χ0n) is 8.63. The SMILES string of the molecule is c1cnn(CC2(C3CCC3)OCCO2)n1. The third-order valence-corrected chi connectivity index (χ3v) is 3.33. The molecular weight excluding hydrogens is 194 g/mol. The van der Waals surface area contributed by atoms with E-state index < -0.39 is 5.79 Å². The molecule has 1 aliphatic carbocycles. The molecule has 0 amide bonds. The van der Waals surface area contributed by atoms with Gasteiger partial charge in [-0.3, -0.25) is 0 Å². The van der Waals surface area contributed by atoms with E-state index >= 15 is 0 Å². The van der Waals surface area contributed by atoms with Gasteiger partial charge in [-0.2, -0.15) is 15.0 Å². The summed E-state index contributed by atoms with van der Waals surface area (Å²) in [5.74, 6) is 0.0723. The highest BCUT2D eigenvalue weighted by molar-refractivity contribution is 4.87. The van der Waals surface area contributed by atoms with Crippen molar-refractivity contribution < 1.29 is 9.47 Å². The molecule has 82 valence electrons. The smallest absolute Gasteiger partial charge is 0.192 e. The Morgan fingerprint density at radius 2 is 1.87 bits per heavy atom. The van der Waals surface area contributed by atoms with Crippen LogP contribution in [0.3, 0.4) is 0 Å². The first-order valence-corrected chi connectivity index (χ1v) is 5.51. The summed E-state index contributed by atoms with van der Waals surface area (Å²) < 4.78 is 11.6. The predicted octanol–water partition coefficient (Wildman–Crippen LogP) is 0.821. The van der Waals surface area contributed by atoms with Gasteiger partial charge in [0, 0.05) is 5.92 Å². The number of nitrogens with zero attached hydrogens (tertiary/aromatic N) is 3. The fraction of sp³-hybridized carbons (Fsp3) is 0.800. The number of hydrogen-bond acceptors (Lipinski definition) is 4. The van der Waals surface area contributed by atoms with E-state index in [-0.39, 0.29) is 0 Å². The molecule has 0 bridgehead atoms. The first-order valence-electron chi connectivity index (χ1n) is 5.51. The van der Waals surface area contributed by atoms with Gasteiger partial charge in [0.05, 0.1) is 25.6 Å². The zero-order chi connectivity index (χ0) is 10.1. The summed E-state index contributed by atoms with van der Waals surface area (Å²) in [6, 6.07) is 0. The summed E-state index contributed by atoms with van der Waals surface area (Å²) in [5.41, 5.74) is 0. The number of ether oxygens (including phenoxy) is 2. The van der Waals surface area contributed by atoms with Crippen LogP contribution in [0.25, 0.3) is 0 Å². The fourth-order valence-electron chi connectivity index (χ4n) is 2.30. The molecule has 5 nitrogen and oxygen atoms in total. The summed E-state index contributed by atoms with van der Waals surface area (Å²) in [5, 5.41) is 8.22. The molecule has 3 rings (SSSR count). The highest BCUT2D eigenvalue weighted by Gasteiger charge is 2.47. The van der Waals surface area contributed by atoms with E-state index in [1.807, 2.05) is 0 Å². The van der Waals surface area contributed by atoms with Gasteiger partial charge >= 0.3 is 0 Å². The van der Waals surface area contributed by atoms with E-state index in [1.165, 1.54) is 19.3 Å². The van der Waals surface area contributed by atoms with E-state index in [1.54, 1.807) is 17.2 Å². The van der Waals surface area contributed by atoms with Crippen LogP contribution >= 0.6 is 0 Å². The maximum atomic E-state index is 5.79. The Hall–Kier alpha value is -0.940. The largest absolute Gasteiger partial charge is 0.345 e. The van der Waals surface area contributed by atoms with Crippen molar-refractivity contribution in [2.24, 2.45) is 5.92 Å². The highest BCUT2D eigenvalue weighted by atomic mass is 16.7. The monoisotopic (exact) mass is 209 g/mol. The van der Waals surface area contributed by atoms with Crippen LogP contribution in [-0.2, 0) is 16.0 Å². The van der Waals surface area contributed by atoms with Crippen LogP contribution in [0, 0.1) is 5.92 Å². The van der Waals surface area contributed by atoms with Gasteiger partial charge in [-0.05, 0) is 12.8 Å². The molecule has 0 atom stereocenters. The lowest BCUT2D eigenvalue weighted by molar-refractivity contribution is -0.223. The van der Waals surface area contributed by atoms with Crippen LogP contribution < -0.4 is 0 Å². The van der Waals surface area contributed by atoms with Crippen LogP contribution in [0.1, 0.15) is 19.3 Å². The van der Waals surface area contributed by atoms with Crippen molar-refractivity contribution in [3.8, 4) is 0 Å². The van der Waals surface area contributed by atoms with E-state index in [4.69, 9.17) is 9.47 Å². The van der Waals surface area contributed by atoms with Crippen molar-refractivity contribution >= 4 is 0 Å². The fourth-order valence-corrected chi connectivity index (χ4v) is 2.30. The summed E-state index contributed by atoms with van der Waals surface area (Å²) in [6.45, 7) is 2.00. The molecule has 0 N–H and O–H groups in total. The highest BCUT2D eigenvalue weighted by Crippen LogP contribution is 2.42. The number of aromatic nitrogens is 3. The van der Waals surface area contributed by atoms with Crippen molar-refractivity contribution in [3.63, 3.8) is 0 Å². The third kappa shape index (κ3) is 1.55. The lowest BCUT2D eigenvalue weighted by Crippen LogP contribution is -2.46. The lowest BCUT2D eigenvalue weighted by atomic mass is 9.78. The maximum absolute atomic E-state index is 5.79. The predicted molar refractivity (Wildman–Crippen MR) is 52.0 cm³/mol. The van der Waals surface area contributed by atoms with Gasteiger partial charge in [0.1, 0.15) is 6.54 Å². The van der Waals surface area contributed by atoms with Crippen LogP contribution in [0.5, 0.6) is 0 Å². The van der Waals surface area contributed by atoms with Crippen LogP contribution in [0.4, 0.5) is 0 Å². The molecule has 0 spiro atoms. The van der Waals surface area contributed by atoms with Gasteiger partial charge in [0.15, 0.2) is 5.79 Å². The molecule has 0 unspecified atom stereocenters. The van der Waals surface area contributed by atoms with E-state index in [9.17, 15) is 0 Å². The molecule has 1 aliphatic heterocycles. The molecular formula is C10H15N3O2. The summed E-state index contributed by atoms with van der Waals surface area (Å²) in [6.07, 6.45) is 7.04. The molecule has 2 aliphatic rings. The molecule has 1 saturated carbocycles. The lowest BCUT2D eigenvalue weighted by Gasteiger charge is -2.40. The van der Waals surface area contributed by atoms with Crippen molar-refractivity contribution in [2.45, 2.75) is 31.6 Å². The standard InChI is InChI=1S/C10H15N3O2/c1-2-9(3-1)10(14-6-7-15-10)8-13-11-4-5-12-13/h4-5,9H,1-3,6-8H2. The van der Waals surface area contributed by atoms with Gasteiger partial charge in [-0.1, -0.05) is 6.42 Å². The summed E-state index contributed by atoms with van der Waals surface area (Å²) in [7, 11) is 0. The Morgan fingerprint density at radius 1 is 1.20 bits per heavy atom. The Balaban J connectivity index is 1.78. The number of rotatable bonds is 3. The quantitative estimate of drug-likeness (QED) is 0.739. The van der Waals surface area contributed by atoms with Gasteiger partial charge in [-0.25, -0.2) is 0 Å². The van der Waals surface area contributed by atoms with Crippen LogP contribution in [0.2, 0.25) is 0 Å². The molecule has 0 radical (unpaired) electrons. The minimum Gasteiger partial charge on any atom is -0.345 e. The molecule has 1 aromatic rings. The van der Waals surface area contributed by atoms with E-state index in [0.717, 1.165) is 0 Å². The average molecular weight is 209 g/mol. The van der Waals surface area contributed by atoms with Gasteiger partial charge in [-0.15, -0.1) is 0 Å². The third-order valence-electron chi connectivity index (χ3n) is 3.33. The van der Waals surface area contributed by atoms with Crippen molar-refractivity contribution in [2.75, 3.05) is 13.2 Å². The summed E-state index contributed by atoms with van der Waals surface area (Å²) in [4.78, 5) is 1.66. The molecule has 2 fully saturated rings. The molecule has 2 heterocycles. The summed E-state index contributed by atoms with van der Waals surface area (Å²) >= 11 is 0. The van der Waals surface area contributed by atoms with Crippen LogP contribution in [-0.4, -0.2) is 34.0 Å². The molecule has 1 aromatic heterocycles. The van der Waals surface area contributed by atoms with Gasteiger partial charge in [0.25, 0.3) is 0 Å². The second-order valence-electron chi connectivity index (χ2n) is 4.20. The molecule has 15 heavy (non-hydrogen) atoms.